The van der Waals surface area contributed by atoms with Crippen LogP contribution in [0.3, 0.4) is 0 Å². The molecule has 0 radical (unpaired) electrons. The van der Waals surface area contributed by atoms with E-state index in [2.05, 4.69) is 10.6 Å². The molecule has 1 aliphatic rings. The van der Waals surface area contributed by atoms with Crippen molar-refractivity contribution in [3.8, 4) is 0 Å². The van der Waals surface area contributed by atoms with Crippen LogP contribution in [0.25, 0.3) is 10.8 Å². The topological polar surface area (TPSA) is 78.5 Å². The Bertz CT molecular complexity index is 1180. The SMILES string of the molecule is Cc1cccc(NC(=O)CN2C(=O)NC(C)(c3cccc4ccccc34)C2=O)c1C. The van der Waals surface area contributed by atoms with Gasteiger partial charge in [0.2, 0.25) is 5.91 Å². The van der Waals surface area contributed by atoms with Gasteiger partial charge in [0.15, 0.2) is 0 Å². The van der Waals surface area contributed by atoms with Crippen molar-refractivity contribution in [2.45, 2.75) is 26.3 Å². The van der Waals surface area contributed by atoms with Crippen molar-refractivity contribution in [3.05, 3.63) is 77.4 Å². The summed E-state index contributed by atoms with van der Waals surface area (Å²) in [6, 6.07) is 18.4. The highest BCUT2D eigenvalue weighted by molar-refractivity contribution is 6.11. The van der Waals surface area contributed by atoms with Crippen LogP contribution < -0.4 is 10.6 Å². The molecular weight excluding hydrogens is 378 g/mol. The van der Waals surface area contributed by atoms with Crippen molar-refractivity contribution < 1.29 is 14.4 Å². The number of carbonyl (C=O) groups is 3. The summed E-state index contributed by atoms with van der Waals surface area (Å²) in [7, 11) is 0. The first kappa shape index (κ1) is 19.6. The molecule has 6 heteroatoms. The highest BCUT2D eigenvalue weighted by Crippen LogP contribution is 2.33. The summed E-state index contributed by atoms with van der Waals surface area (Å²) in [6.45, 7) is 5.20. The number of nitrogens with one attached hydrogen (secondary N) is 2. The third kappa shape index (κ3) is 3.20. The minimum Gasteiger partial charge on any atom is -0.324 e. The zero-order chi connectivity index (χ0) is 21.5. The fourth-order valence-corrected chi connectivity index (χ4v) is 3.90. The number of nitrogens with zero attached hydrogens (tertiary/aromatic N) is 1. The molecule has 1 heterocycles. The van der Waals surface area contributed by atoms with E-state index in [0.717, 1.165) is 26.8 Å². The standard InChI is InChI=1S/C24H23N3O3/c1-15-8-6-13-20(16(15)2)25-21(28)14-27-22(29)24(3,26-23(27)30)19-12-7-10-17-9-4-5-11-18(17)19/h4-13H,14H2,1-3H3,(H,25,28)(H,26,30). The highest BCUT2D eigenvalue weighted by Gasteiger charge is 2.50. The summed E-state index contributed by atoms with van der Waals surface area (Å²) in [4.78, 5) is 39.5. The molecule has 6 nitrogen and oxygen atoms in total. The Labute approximate surface area is 174 Å². The number of urea groups is 1. The highest BCUT2D eigenvalue weighted by atomic mass is 16.2. The lowest BCUT2D eigenvalue weighted by Gasteiger charge is -2.24. The molecular formula is C24H23N3O3. The maximum absolute atomic E-state index is 13.3. The number of aryl methyl sites for hydroxylation is 1. The van der Waals surface area contributed by atoms with Crippen LogP contribution in [0.1, 0.15) is 23.6 Å². The number of imide groups is 1. The summed E-state index contributed by atoms with van der Waals surface area (Å²) in [6.07, 6.45) is 0. The van der Waals surface area contributed by atoms with E-state index in [-0.39, 0.29) is 6.54 Å². The number of carbonyl (C=O) groups excluding carboxylic acids is 3. The quantitative estimate of drug-likeness (QED) is 0.652. The van der Waals surface area contributed by atoms with Gasteiger partial charge in [0.25, 0.3) is 5.91 Å². The van der Waals surface area contributed by atoms with Gasteiger partial charge in [-0.2, -0.15) is 0 Å². The van der Waals surface area contributed by atoms with Crippen molar-refractivity contribution in [2.24, 2.45) is 0 Å². The Morgan fingerprint density at radius 3 is 2.50 bits per heavy atom. The van der Waals surface area contributed by atoms with Gasteiger partial charge in [0.05, 0.1) is 0 Å². The number of benzene rings is 3. The van der Waals surface area contributed by atoms with E-state index in [0.29, 0.717) is 11.3 Å². The van der Waals surface area contributed by atoms with Crippen molar-refractivity contribution >= 4 is 34.3 Å². The summed E-state index contributed by atoms with van der Waals surface area (Å²) in [5.41, 5.74) is 2.13. The van der Waals surface area contributed by atoms with E-state index in [4.69, 9.17) is 0 Å². The van der Waals surface area contributed by atoms with E-state index in [9.17, 15) is 14.4 Å². The second kappa shape index (κ2) is 7.30. The van der Waals surface area contributed by atoms with Crippen LogP contribution in [0.5, 0.6) is 0 Å². The lowest BCUT2D eigenvalue weighted by Crippen LogP contribution is -2.42. The molecule has 2 N–H and O–H groups in total. The van der Waals surface area contributed by atoms with Crippen molar-refractivity contribution in [1.29, 1.82) is 0 Å². The third-order valence-electron chi connectivity index (χ3n) is 5.78. The molecule has 1 atom stereocenters. The van der Waals surface area contributed by atoms with Gasteiger partial charge in [0.1, 0.15) is 12.1 Å². The van der Waals surface area contributed by atoms with Crippen LogP contribution in [0.4, 0.5) is 10.5 Å². The monoisotopic (exact) mass is 401 g/mol. The van der Waals surface area contributed by atoms with Gasteiger partial charge in [-0.05, 0) is 54.3 Å². The molecule has 152 valence electrons. The Hall–Kier alpha value is -3.67. The van der Waals surface area contributed by atoms with Gasteiger partial charge in [-0.15, -0.1) is 0 Å². The molecule has 3 aromatic rings. The van der Waals surface area contributed by atoms with Crippen molar-refractivity contribution in [1.82, 2.24) is 10.2 Å². The van der Waals surface area contributed by atoms with Crippen LogP contribution >= 0.6 is 0 Å². The average molecular weight is 401 g/mol. The molecule has 0 bridgehead atoms. The minimum absolute atomic E-state index is 0.349. The number of anilines is 1. The predicted molar refractivity (Wildman–Crippen MR) is 116 cm³/mol. The molecule has 3 aromatic carbocycles. The fraction of sp³-hybridized carbons (Fsp3) is 0.208. The zero-order valence-electron chi connectivity index (χ0n) is 17.2. The first-order chi connectivity index (χ1) is 14.3. The van der Waals surface area contributed by atoms with Crippen LogP contribution in [-0.2, 0) is 15.1 Å². The van der Waals surface area contributed by atoms with Gasteiger partial charge in [-0.3, -0.25) is 14.5 Å². The molecule has 0 aromatic heterocycles. The fourth-order valence-electron chi connectivity index (χ4n) is 3.90. The second-order valence-electron chi connectivity index (χ2n) is 7.77. The molecule has 30 heavy (non-hydrogen) atoms. The van der Waals surface area contributed by atoms with Crippen molar-refractivity contribution in [2.75, 3.05) is 11.9 Å². The van der Waals surface area contributed by atoms with Gasteiger partial charge in [-0.25, -0.2) is 4.79 Å². The Balaban J connectivity index is 1.59. The number of hydrogen-bond acceptors (Lipinski definition) is 3. The number of amides is 4. The van der Waals surface area contributed by atoms with Gasteiger partial charge in [-0.1, -0.05) is 54.6 Å². The molecule has 1 aliphatic heterocycles. The van der Waals surface area contributed by atoms with Gasteiger partial charge < -0.3 is 10.6 Å². The van der Waals surface area contributed by atoms with Crippen LogP contribution in [-0.4, -0.2) is 29.3 Å². The summed E-state index contributed by atoms with van der Waals surface area (Å²) in [5, 5.41) is 7.45. The number of hydrogen-bond donors (Lipinski definition) is 2. The molecule has 1 saturated heterocycles. The summed E-state index contributed by atoms with van der Waals surface area (Å²) in [5.74, 6) is -0.866. The second-order valence-corrected chi connectivity index (χ2v) is 7.77. The molecule has 4 amide bonds. The molecule has 0 spiro atoms. The van der Waals surface area contributed by atoms with Crippen LogP contribution in [0.15, 0.2) is 60.7 Å². The maximum Gasteiger partial charge on any atom is 0.325 e. The summed E-state index contributed by atoms with van der Waals surface area (Å²) >= 11 is 0. The van der Waals surface area contributed by atoms with E-state index in [1.54, 1.807) is 13.0 Å². The normalized spacial score (nSPS) is 18.6. The molecule has 0 aliphatic carbocycles. The first-order valence-electron chi connectivity index (χ1n) is 9.79. The molecule has 0 saturated carbocycles. The lowest BCUT2D eigenvalue weighted by atomic mass is 9.88. The molecule has 4 rings (SSSR count). The largest absolute Gasteiger partial charge is 0.325 e. The smallest absolute Gasteiger partial charge is 0.324 e. The van der Waals surface area contributed by atoms with E-state index < -0.39 is 23.4 Å². The number of rotatable bonds is 4. The predicted octanol–water partition coefficient (Wildman–Crippen LogP) is 3.86. The minimum atomic E-state index is -1.24. The molecule has 1 unspecified atom stereocenters. The molecule has 1 fully saturated rings. The zero-order valence-corrected chi connectivity index (χ0v) is 17.2. The number of fused-ring (bicyclic) bond motifs is 1. The maximum atomic E-state index is 13.3. The van der Waals surface area contributed by atoms with Crippen LogP contribution in [0, 0.1) is 13.8 Å². The van der Waals surface area contributed by atoms with Gasteiger partial charge in [0, 0.05) is 5.69 Å². The first-order valence-corrected chi connectivity index (χ1v) is 9.79. The lowest BCUT2D eigenvalue weighted by molar-refractivity contribution is -0.133. The van der Waals surface area contributed by atoms with E-state index >= 15 is 0 Å². The van der Waals surface area contributed by atoms with Crippen molar-refractivity contribution in [3.63, 3.8) is 0 Å². The van der Waals surface area contributed by atoms with Gasteiger partial charge >= 0.3 is 6.03 Å². The Kier molecular flexibility index (Phi) is 4.78. The van der Waals surface area contributed by atoms with Crippen LogP contribution in [0.2, 0.25) is 0 Å². The summed E-state index contributed by atoms with van der Waals surface area (Å²) < 4.78 is 0. The van der Waals surface area contributed by atoms with E-state index in [1.165, 1.54) is 0 Å². The van der Waals surface area contributed by atoms with E-state index in [1.807, 2.05) is 68.4 Å². The third-order valence-corrected chi connectivity index (χ3v) is 5.78. The Morgan fingerprint density at radius 2 is 1.70 bits per heavy atom. The Morgan fingerprint density at radius 1 is 1.00 bits per heavy atom. The average Bonchev–Trinajstić information content (AvgIpc) is 2.95.